The molecule has 0 unspecified atom stereocenters. The van der Waals surface area contributed by atoms with Crippen molar-refractivity contribution in [3.05, 3.63) is 59.7 Å². The summed E-state index contributed by atoms with van der Waals surface area (Å²) in [5.74, 6) is 1.18. The van der Waals surface area contributed by atoms with Crippen molar-refractivity contribution in [1.29, 1.82) is 0 Å². The van der Waals surface area contributed by atoms with Crippen LogP contribution in [0.1, 0.15) is 42.6 Å². The summed E-state index contributed by atoms with van der Waals surface area (Å²) in [6.45, 7) is 6.39. The molecule has 2 fully saturated rings. The van der Waals surface area contributed by atoms with Crippen LogP contribution in [0, 0.1) is 12.3 Å². The van der Waals surface area contributed by atoms with E-state index in [2.05, 4.69) is 50.1 Å². The zero-order chi connectivity index (χ0) is 19.4. The minimum Gasteiger partial charge on any atom is -0.342 e. The molecule has 0 saturated carbocycles. The van der Waals surface area contributed by atoms with E-state index in [9.17, 15) is 4.79 Å². The Kier molecular flexibility index (Phi) is 5.72. The summed E-state index contributed by atoms with van der Waals surface area (Å²) in [5, 5.41) is 0. The van der Waals surface area contributed by atoms with Gasteiger partial charge >= 0.3 is 0 Å². The van der Waals surface area contributed by atoms with Gasteiger partial charge in [0.25, 0.3) is 0 Å². The molecule has 1 atom stereocenters. The minimum atomic E-state index is -0.170. The molecule has 28 heavy (non-hydrogen) atoms. The molecule has 1 amide bonds. The van der Waals surface area contributed by atoms with Gasteiger partial charge < -0.3 is 4.90 Å². The average molecular weight is 379 g/mol. The molecule has 4 rings (SSSR count). The lowest BCUT2D eigenvalue weighted by Gasteiger charge is -2.39. The monoisotopic (exact) mass is 378 g/mol. The second-order valence-electron chi connectivity index (χ2n) is 8.36. The SMILES string of the molecule is Cc1ncc(CN2CC[C@]3(CCCN(CCCc4ccccc4)C3=O)C2)cn1. The third-order valence-electron chi connectivity index (χ3n) is 6.23. The van der Waals surface area contributed by atoms with Gasteiger partial charge in [-0.05, 0) is 51.1 Å². The number of rotatable bonds is 6. The second kappa shape index (κ2) is 8.39. The van der Waals surface area contributed by atoms with Gasteiger partial charge in [-0.2, -0.15) is 0 Å². The molecule has 0 radical (unpaired) electrons. The van der Waals surface area contributed by atoms with E-state index in [4.69, 9.17) is 0 Å². The van der Waals surface area contributed by atoms with Crippen molar-refractivity contribution in [3.8, 4) is 0 Å². The van der Waals surface area contributed by atoms with Crippen LogP contribution in [0.5, 0.6) is 0 Å². The van der Waals surface area contributed by atoms with Gasteiger partial charge in [0.15, 0.2) is 0 Å². The molecule has 0 aliphatic carbocycles. The number of carbonyl (C=O) groups excluding carboxylic acids is 1. The van der Waals surface area contributed by atoms with E-state index in [1.165, 1.54) is 5.56 Å². The smallest absolute Gasteiger partial charge is 0.230 e. The lowest BCUT2D eigenvalue weighted by molar-refractivity contribution is -0.145. The van der Waals surface area contributed by atoms with E-state index >= 15 is 0 Å². The molecule has 2 aromatic rings. The highest BCUT2D eigenvalue weighted by Crippen LogP contribution is 2.40. The molecular formula is C23H30N4O. The van der Waals surface area contributed by atoms with Gasteiger partial charge in [0.05, 0.1) is 5.41 Å². The number of hydrogen-bond donors (Lipinski definition) is 0. The van der Waals surface area contributed by atoms with Crippen molar-refractivity contribution in [2.24, 2.45) is 5.41 Å². The quantitative estimate of drug-likeness (QED) is 0.774. The number of piperidine rings is 1. The molecular weight excluding hydrogens is 348 g/mol. The summed E-state index contributed by atoms with van der Waals surface area (Å²) in [6, 6.07) is 10.6. The number of aryl methyl sites for hydroxylation is 2. The van der Waals surface area contributed by atoms with E-state index in [1.807, 2.05) is 19.3 Å². The van der Waals surface area contributed by atoms with E-state index in [1.54, 1.807) is 0 Å². The number of hydrogen-bond acceptors (Lipinski definition) is 4. The van der Waals surface area contributed by atoms with Crippen LogP contribution in [-0.2, 0) is 17.8 Å². The fourth-order valence-electron chi connectivity index (χ4n) is 4.72. The Balaban J connectivity index is 1.32. The zero-order valence-electron chi connectivity index (χ0n) is 16.8. The maximum absolute atomic E-state index is 13.3. The zero-order valence-corrected chi connectivity index (χ0v) is 16.8. The number of likely N-dealkylation sites (tertiary alicyclic amines) is 2. The molecule has 1 aromatic carbocycles. The molecule has 2 saturated heterocycles. The summed E-state index contributed by atoms with van der Waals surface area (Å²) < 4.78 is 0. The topological polar surface area (TPSA) is 49.3 Å². The van der Waals surface area contributed by atoms with Crippen LogP contribution in [-0.4, -0.2) is 51.9 Å². The Morgan fingerprint density at radius 2 is 1.82 bits per heavy atom. The van der Waals surface area contributed by atoms with E-state index in [0.717, 1.165) is 76.2 Å². The van der Waals surface area contributed by atoms with Gasteiger partial charge in [0, 0.05) is 44.1 Å². The van der Waals surface area contributed by atoms with Crippen molar-refractivity contribution in [1.82, 2.24) is 19.8 Å². The molecule has 148 valence electrons. The first-order valence-electron chi connectivity index (χ1n) is 10.5. The van der Waals surface area contributed by atoms with Crippen molar-refractivity contribution in [2.45, 2.75) is 45.6 Å². The summed E-state index contributed by atoms with van der Waals surface area (Å²) in [6.07, 6.45) is 9.03. The molecule has 1 aromatic heterocycles. The molecule has 2 aliphatic heterocycles. The molecule has 5 nitrogen and oxygen atoms in total. The largest absolute Gasteiger partial charge is 0.342 e. The van der Waals surface area contributed by atoms with Crippen LogP contribution in [0.3, 0.4) is 0 Å². The van der Waals surface area contributed by atoms with Crippen molar-refractivity contribution >= 4 is 5.91 Å². The normalized spacial score (nSPS) is 22.9. The highest BCUT2D eigenvalue weighted by molar-refractivity contribution is 5.84. The van der Waals surface area contributed by atoms with Crippen LogP contribution in [0.4, 0.5) is 0 Å². The Morgan fingerprint density at radius 1 is 1.04 bits per heavy atom. The highest BCUT2D eigenvalue weighted by atomic mass is 16.2. The van der Waals surface area contributed by atoms with Crippen molar-refractivity contribution in [3.63, 3.8) is 0 Å². The Labute approximate surface area is 167 Å². The van der Waals surface area contributed by atoms with Crippen LogP contribution < -0.4 is 0 Å². The van der Waals surface area contributed by atoms with Gasteiger partial charge in [0.2, 0.25) is 5.91 Å². The van der Waals surface area contributed by atoms with Gasteiger partial charge in [-0.3, -0.25) is 9.69 Å². The van der Waals surface area contributed by atoms with Gasteiger partial charge in [-0.15, -0.1) is 0 Å². The van der Waals surface area contributed by atoms with E-state index in [-0.39, 0.29) is 5.41 Å². The predicted molar refractivity (Wildman–Crippen MR) is 110 cm³/mol. The summed E-state index contributed by atoms with van der Waals surface area (Å²) in [7, 11) is 0. The first-order valence-corrected chi connectivity index (χ1v) is 10.5. The van der Waals surface area contributed by atoms with Crippen molar-refractivity contribution < 1.29 is 4.79 Å². The maximum atomic E-state index is 13.3. The number of nitrogens with zero attached hydrogens (tertiary/aromatic N) is 4. The molecule has 5 heteroatoms. The fourth-order valence-corrected chi connectivity index (χ4v) is 4.72. The summed E-state index contributed by atoms with van der Waals surface area (Å²) in [5.41, 5.74) is 2.32. The molecule has 1 spiro atoms. The van der Waals surface area contributed by atoms with Gasteiger partial charge in [-0.1, -0.05) is 30.3 Å². The molecule has 0 N–H and O–H groups in total. The molecule has 3 heterocycles. The van der Waals surface area contributed by atoms with Crippen LogP contribution >= 0.6 is 0 Å². The number of benzene rings is 1. The lowest BCUT2D eigenvalue weighted by atomic mass is 9.78. The third kappa shape index (κ3) is 4.25. The van der Waals surface area contributed by atoms with Gasteiger partial charge in [-0.25, -0.2) is 9.97 Å². The lowest BCUT2D eigenvalue weighted by Crippen LogP contribution is -2.50. The number of carbonyl (C=O) groups is 1. The Hall–Kier alpha value is -2.27. The second-order valence-corrected chi connectivity index (χ2v) is 8.36. The van der Waals surface area contributed by atoms with Gasteiger partial charge in [0.1, 0.15) is 5.82 Å². The van der Waals surface area contributed by atoms with Crippen LogP contribution in [0.25, 0.3) is 0 Å². The van der Waals surface area contributed by atoms with E-state index < -0.39 is 0 Å². The highest BCUT2D eigenvalue weighted by Gasteiger charge is 2.47. The number of amides is 1. The van der Waals surface area contributed by atoms with Crippen LogP contribution in [0.2, 0.25) is 0 Å². The Bertz CT molecular complexity index is 792. The number of aromatic nitrogens is 2. The standard InChI is InChI=1S/C23H30N4O/c1-19-24-15-21(16-25-19)17-26-14-11-23(18-26)10-6-13-27(22(23)28)12-5-9-20-7-3-2-4-8-20/h2-4,7-8,15-16H,5-6,9-14,17-18H2,1H3/t23-/m1/s1. The van der Waals surface area contributed by atoms with E-state index in [0.29, 0.717) is 5.91 Å². The van der Waals surface area contributed by atoms with Crippen molar-refractivity contribution in [2.75, 3.05) is 26.2 Å². The Morgan fingerprint density at radius 3 is 2.61 bits per heavy atom. The predicted octanol–water partition coefficient (Wildman–Crippen LogP) is 3.23. The molecule has 0 bridgehead atoms. The minimum absolute atomic E-state index is 0.170. The molecule has 2 aliphatic rings. The average Bonchev–Trinajstić information content (AvgIpc) is 3.11. The maximum Gasteiger partial charge on any atom is 0.230 e. The summed E-state index contributed by atoms with van der Waals surface area (Å²) >= 11 is 0. The first-order chi connectivity index (χ1) is 13.6. The van der Waals surface area contributed by atoms with Crippen LogP contribution in [0.15, 0.2) is 42.7 Å². The fraction of sp³-hybridized carbons (Fsp3) is 0.522. The first kappa shape index (κ1) is 19.1. The third-order valence-corrected chi connectivity index (χ3v) is 6.23. The summed E-state index contributed by atoms with van der Waals surface area (Å²) in [4.78, 5) is 26.4.